The minimum absolute atomic E-state index is 0.0229. The summed E-state index contributed by atoms with van der Waals surface area (Å²) in [7, 11) is 0. The van der Waals surface area contributed by atoms with Crippen LogP contribution in [0.3, 0.4) is 0 Å². The number of carbonyl (C=O) groups excluding carboxylic acids is 2. The second-order valence-electron chi connectivity index (χ2n) is 8.76. The number of fused-ring (bicyclic) bond motifs is 3. The Morgan fingerprint density at radius 3 is 2.12 bits per heavy atom. The lowest BCUT2D eigenvalue weighted by atomic mass is 9.98. The molecular weight excluding hydrogens is 452 g/mol. The van der Waals surface area contributed by atoms with Gasteiger partial charge in [0.25, 0.3) is 0 Å². The van der Waals surface area contributed by atoms with Gasteiger partial charge in [-0.3, -0.25) is 4.79 Å². The molecule has 0 saturated carbocycles. The summed E-state index contributed by atoms with van der Waals surface area (Å²) in [5.74, 6) is -0.936. The average Bonchev–Trinajstić information content (AvgIpc) is 3.13. The van der Waals surface area contributed by atoms with E-state index in [0.29, 0.717) is 12.2 Å². The summed E-state index contributed by atoms with van der Waals surface area (Å²) >= 11 is 1.52. The van der Waals surface area contributed by atoms with Crippen molar-refractivity contribution in [1.82, 2.24) is 10.6 Å². The van der Waals surface area contributed by atoms with Crippen LogP contribution in [0.25, 0.3) is 11.1 Å². The Labute approximate surface area is 204 Å². The molecule has 0 aliphatic heterocycles. The normalized spacial score (nSPS) is 14.1. The monoisotopic (exact) mass is 484 g/mol. The Balaban J connectivity index is 1.58. The number of alkyl carbamates (subject to hydrolysis) is 1. The molecule has 2 aromatic rings. The number of hydrogen-bond donors (Lipinski definition) is 3. The predicted molar refractivity (Wildman–Crippen MR) is 134 cm³/mol. The summed E-state index contributed by atoms with van der Waals surface area (Å²) in [4.78, 5) is 36.5. The Morgan fingerprint density at radius 1 is 1.00 bits per heavy atom. The predicted octanol–water partition coefficient (Wildman–Crippen LogP) is 4.26. The standard InChI is InChI=1S/C26H32N2O5S/c1-16(2)23(14-24(29)27-22(25(30)31)12-13-34-3)28-26(32)33-15-21-19-10-6-4-8-17(19)18-9-5-7-11-20(18)21/h4-11,16,21-23H,12-15H2,1-3H3,(H,27,29)(H,28,32)(H,30,31)/t22-,23?/m1/s1. The molecule has 2 atom stereocenters. The smallest absolute Gasteiger partial charge is 0.407 e. The van der Waals surface area contributed by atoms with Gasteiger partial charge in [-0.25, -0.2) is 9.59 Å². The van der Waals surface area contributed by atoms with Crippen LogP contribution in [-0.2, 0) is 14.3 Å². The average molecular weight is 485 g/mol. The van der Waals surface area contributed by atoms with E-state index in [1.54, 1.807) is 0 Å². The van der Waals surface area contributed by atoms with Crippen LogP contribution in [0.5, 0.6) is 0 Å². The first-order chi connectivity index (χ1) is 16.3. The molecule has 34 heavy (non-hydrogen) atoms. The van der Waals surface area contributed by atoms with Crippen molar-refractivity contribution in [3.63, 3.8) is 0 Å². The summed E-state index contributed by atoms with van der Waals surface area (Å²) in [6, 6.07) is 14.8. The van der Waals surface area contributed by atoms with E-state index in [4.69, 9.17) is 4.74 Å². The van der Waals surface area contributed by atoms with Crippen LogP contribution in [0.15, 0.2) is 48.5 Å². The molecule has 8 heteroatoms. The highest BCUT2D eigenvalue weighted by molar-refractivity contribution is 7.98. The number of carbonyl (C=O) groups is 3. The third-order valence-electron chi connectivity index (χ3n) is 6.10. The van der Waals surface area contributed by atoms with Crippen molar-refractivity contribution in [2.75, 3.05) is 18.6 Å². The van der Waals surface area contributed by atoms with Crippen molar-refractivity contribution in [3.8, 4) is 11.1 Å². The first-order valence-corrected chi connectivity index (χ1v) is 12.8. The van der Waals surface area contributed by atoms with E-state index in [1.165, 1.54) is 11.8 Å². The van der Waals surface area contributed by atoms with Crippen molar-refractivity contribution >= 4 is 29.7 Å². The molecule has 1 unspecified atom stereocenters. The fraction of sp³-hybridized carbons (Fsp3) is 0.423. The number of aliphatic carboxylic acids is 1. The third-order valence-corrected chi connectivity index (χ3v) is 6.74. The van der Waals surface area contributed by atoms with Gasteiger partial charge in [-0.15, -0.1) is 0 Å². The van der Waals surface area contributed by atoms with Gasteiger partial charge in [0.15, 0.2) is 0 Å². The number of carboxylic acids is 1. The molecule has 1 aliphatic rings. The van der Waals surface area contributed by atoms with E-state index in [-0.39, 0.29) is 24.9 Å². The highest BCUT2D eigenvalue weighted by atomic mass is 32.2. The summed E-state index contributed by atoms with van der Waals surface area (Å²) in [5, 5.41) is 14.7. The van der Waals surface area contributed by atoms with Crippen molar-refractivity contribution in [1.29, 1.82) is 0 Å². The van der Waals surface area contributed by atoms with E-state index in [9.17, 15) is 19.5 Å². The maximum Gasteiger partial charge on any atom is 0.407 e. The number of carboxylic acid groups (broad SMARTS) is 1. The second kappa shape index (κ2) is 11.9. The molecule has 182 valence electrons. The van der Waals surface area contributed by atoms with Crippen LogP contribution in [0.2, 0.25) is 0 Å². The van der Waals surface area contributed by atoms with Gasteiger partial charge in [0.05, 0.1) is 0 Å². The van der Waals surface area contributed by atoms with Gasteiger partial charge in [-0.1, -0.05) is 62.4 Å². The summed E-state index contributed by atoms with van der Waals surface area (Å²) in [6.45, 7) is 3.97. The molecule has 0 spiro atoms. The van der Waals surface area contributed by atoms with Crippen molar-refractivity contribution < 1.29 is 24.2 Å². The minimum atomic E-state index is -1.06. The number of hydrogen-bond acceptors (Lipinski definition) is 5. The first kappa shape index (κ1) is 25.6. The van der Waals surface area contributed by atoms with Gasteiger partial charge in [-0.2, -0.15) is 11.8 Å². The molecule has 0 fully saturated rings. The number of rotatable bonds is 11. The zero-order valence-electron chi connectivity index (χ0n) is 19.7. The van der Waals surface area contributed by atoms with Crippen molar-refractivity contribution in [2.24, 2.45) is 5.92 Å². The maximum absolute atomic E-state index is 12.6. The maximum atomic E-state index is 12.6. The van der Waals surface area contributed by atoms with Gasteiger partial charge < -0.3 is 20.5 Å². The Kier molecular flexibility index (Phi) is 8.98. The summed E-state index contributed by atoms with van der Waals surface area (Å²) in [5.41, 5.74) is 4.55. The molecule has 1 aliphatic carbocycles. The molecule has 0 saturated heterocycles. The molecule has 2 amide bonds. The number of nitrogens with one attached hydrogen (secondary N) is 2. The van der Waals surface area contributed by atoms with Crippen molar-refractivity contribution in [3.05, 3.63) is 59.7 Å². The SMILES string of the molecule is CSCC[C@@H](NC(=O)CC(NC(=O)OCC1c2ccccc2-c2ccccc21)C(C)C)C(=O)O. The van der Waals surface area contributed by atoms with Crippen molar-refractivity contribution in [2.45, 2.75) is 44.7 Å². The zero-order chi connectivity index (χ0) is 24.7. The van der Waals surface area contributed by atoms with E-state index in [1.807, 2.05) is 44.4 Å². The van der Waals surface area contributed by atoms with Gasteiger partial charge >= 0.3 is 12.1 Å². The van der Waals surface area contributed by atoms with Crippen LogP contribution in [0, 0.1) is 5.92 Å². The topological polar surface area (TPSA) is 105 Å². The Morgan fingerprint density at radius 2 is 1.59 bits per heavy atom. The Hall–Kier alpha value is -3.00. The van der Waals surface area contributed by atoms with E-state index in [0.717, 1.165) is 22.3 Å². The molecule has 3 rings (SSSR count). The lowest BCUT2D eigenvalue weighted by Gasteiger charge is -2.23. The summed E-state index contributed by atoms with van der Waals surface area (Å²) < 4.78 is 5.60. The van der Waals surface area contributed by atoms with Gasteiger partial charge in [0.2, 0.25) is 5.91 Å². The Bertz CT molecular complexity index is 980. The third kappa shape index (κ3) is 6.32. The van der Waals surface area contributed by atoms with E-state index in [2.05, 4.69) is 34.9 Å². The summed E-state index contributed by atoms with van der Waals surface area (Å²) in [6.07, 6.45) is 1.61. The molecule has 0 heterocycles. The number of ether oxygens (including phenoxy) is 1. The van der Waals surface area contributed by atoms with E-state index >= 15 is 0 Å². The highest BCUT2D eigenvalue weighted by Gasteiger charge is 2.30. The van der Waals surface area contributed by atoms with Gasteiger partial charge in [-0.05, 0) is 46.6 Å². The van der Waals surface area contributed by atoms with Crippen LogP contribution in [0.4, 0.5) is 4.79 Å². The van der Waals surface area contributed by atoms with Crippen LogP contribution in [0.1, 0.15) is 43.7 Å². The van der Waals surface area contributed by atoms with Crippen LogP contribution < -0.4 is 10.6 Å². The van der Waals surface area contributed by atoms with Crippen LogP contribution in [-0.4, -0.2) is 53.8 Å². The molecule has 7 nitrogen and oxygen atoms in total. The number of thioether (sulfide) groups is 1. The van der Waals surface area contributed by atoms with Gasteiger partial charge in [0.1, 0.15) is 12.6 Å². The largest absolute Gasteiger partial charge is 0.480 e. The fourth-order valence-electron chi connectivity index (χ4n) is 4.19. The fourth-order valence-corrected chi connectivity index (χ4v) is 4.66. The minimum Gasteiger partial charge on any atom is -0.480 e. The number of benzene rings is 2. The zero-order valence-corrected chi connectivity index (χ0v) is 20.6. The van der Waals surface area contributed by atoms with E-state index < -0.39 is 30.1 Å². The molecule has 0 aromatic heterocycles. The first-order valence-electron chi connectivity index (χ1n) is 11.4. The van der Waals surface area contributed by atoms with Gasteiger partial charge in [0, 0.05) is 18.4 Å². The molecule has 0 radical (unpaired) electrons. The van der Waals surface area contributed by atoms with Crippen LogP contribution >= 0.6 is 11.8 Å². The number of amides is 2. The quantitative estimate of drug-likeness (QED) is 0.440. The molecule has 3 N–H and O–H groups in total. The second-order valence-corrected chi connectivity index (χ2v) is 9.75. The molecular formula is C26H32N2O5S. The lowest BCUT2D eigenvalue weighted by molar-refractivity contribution is -0.142. The molecule has 0 bridgehead atoms. The highest BCUT2D eigenvalue weighted by Crippen LogP contribution is 2.44. The molecule has 2 aromatic carbocycles. The lowest BCUT2D eigenvalue weighted by Crippen LogP contribution is -2.46.